The molecule has 52 valence electrons. The molecule has 0 aromatic carbocycles. The summed E-state index contributed by atoms with van der Waals surface area (Å²) in [4.78, 5) is 20.2. The molecular formula is C4H7NO4. The van der Waals surface area contributed by atoms with Crippen LogP contribution in [-0.2, 0) is 19.1 Å². The Morgan fingerprint density at radius 1 is 1.11 bits per heavy atom. The predicted molar refractivity (Wildman–Crippen MR) is 26.9 cm³/mol. The summed E-state index contributed by atoms with van der Waals surface area (Å²) in [5.41, 5.74) is 0. The Morgan fingerprint density at radius 2 is 1.56 bits per heavy atom. The van der Waals surface area contributed by atoms with Gasteiger partial charge in [-0.3, -0.25) is 0 Å². The van der Waals surface area contributed by atoms with Crippen molar-refractivity contribution >= 4 is 11.9 Å². The minimum atomic E-state index is -0.610. The third-order valence-electron chi connectivity index (χ3n) is 0.667. The Labute approximate surface area is 51.5 Å². The fraction of sp³-hybridized carbons (Fsp3) is 0.500. The Balaban J connectivity index is 0.000000640. The van der Waals surface area contributed by atoms with Gasteiger partial charge < -0.3 is 15.6 Å². The van der Waals surface area contributed by atoms with Gasteiger partial charge in [-0.2, -0.15) is 0 Å². The van der Waals surface area contributed by atoms with Crippen molar-refractivity contribution in [3.05, 3.63) is 0 Å². The van der Waals surface area contributed by atoms with Gasteiger partial charge >= 0.3 is 11.9 Å². The third kappa shape index (κ3) is 2.20. The molecule has 0 radical (unpaired) electrons. The van der Waals surface area contributed by atoms with Gasteiger partial charge in [-0.05, 0) is 0 Å². The zero-order chi connectivity index (χ0) is 5.98. The molecule has 0 amide bonds. The molecule has 3 N–H and O–H groups in total. The molecule has 5 heteroatoms. The van der Waals surface area contributed by atoms with Gasteiger partial charge in [0.1, 0.15) is 13.2 Å². The van der Waals surface area contributed by atoms with Gasteiger partial charge in [-0.15, -0.1) is 0 Å². The number of carbonyl (C=O) groups excluding carboxylic acids is 2. The van der Waals surface area contributed by atoms with Crippen LogP contribution in [0.25, 0.3) is 0 Å². The van der Waals surface area contributed by atoms with Crippen LogP contribution in [0.4, 0.5) is 0 Å². The number of ether oxygens (including phenoxy) is 2. The summed E-state index contributed by atoms with van der Waals surface area (Å²) in [5.74, 6) is -1.22. The number of carbonyl (C=O) groups is 2. The van der Waals surface area contributed by atoms with Crippen molar-refractivity contribution in [1.82, 2.24) is 6.15 Å². The summed E-state index contributed by atoms with van der Waals surface area (Å²) in [7, 11) is 0. The first kappa shape index (κ1) is 8.06. The lowest BCUT2D eigenvalue weighted by atomic mass is 10.6. The molecule has 0 spiro atoms. The SMILES string of the molecule is N.O=C1COCC(=O)O1. The van der Waals surface area contributed by atoms with Gasteiger partial charge in [-0.25, -0.2) is 9.59 Å². The van der Waals surface area contributed by atoms with E-state index in [0.29, 0.717) is 0 Å². The largest absolute Gasteiger partial charge is 0.390 e. The first-order chi connectivity index (χ1) is 3.79. The fourth-order valence-electron chi connectivity index (χ4n) is 0.404. The van der Waals surface area contributed by atoms with Crippen LogP contribution < -0.4 is 6.15 Å². The number of rotatable bonds is 0. The van der Waals surface area contributed by atoms with Crippen LogP contribution in [0, 0.1) is 0 Å². The monoisotopic (exact) mass is 133 g/mol. The van der Waals surface area contributed by atoms with Crippen LogP contribution in [0.1, 0.15) is 0 Å². The molecule has 0 aromatic heterocycles. The molecule has 1 aliphatic rings. The van der Waals surface area contributed by atoms with Crippen LogP contribution in [0.15, 0.2) is 0 Å². The zero-order valence-electron chi connectivity index (χ0n) is 4.75. The maximum absolute atomic E-state index is 10.1. The normalized spacial score (nSPS) is 18.2. The van der Waals surface area contributed by atoms with E-state index in [2.05, 4.69) is 9.47 Å². The van der Waals surface area contributed by atoms with E-state index >= 15 is 0 Å². The van der Waals surface area contributed by atoms with E-state index in [0.717, 1.165) is 0 Å². The van der Waals surface area contributed by atoms with E-state index in [4.69, 9.17) is 0 Å². The molecule has 1 aliphatic heterocycles. The Bertz CT molecular complexity index is 119. The van der Waals surface area contributed by atoms with Crippen molar-refractivity contribution in [2.45, 2.75) is 0 Å². The second-order valence-corrected chi connectivity index (χ2v) is 1.34. The van der Waals surface area contributed by atoms with Crippen molar-refractivity contribution in [3.63, 3.8) is 0 Å². The van der Waals surface area contributed by atoms with Gasteiger partial charge in [0, 0.05) is 0 Å². The maximum Gasteiger partial charge on any atom is 0.339 e. The van der Waals surface area contributed by atoms with E-state index in [-0.39, 0.29) is 19.4 Å². The van der Waals surface area contributed by atoms with Crippen LogP contribution in [-0.4, -0.2) is 25.2 Å². The summed E-state index contributed by atoms with van der Waals surface area (Å²) in [5, 5.41) is 0. The van der Waals surface area contributed by atoms with Crippen molar-refractivity contribution < 1.29 is 19.1 Å². The average Bonchev–Trinajstić information content (AvgIpc) is 1.64. The summed E-state index contributed by atoms with van der Waals surface area (Å²) < 4.78 is 8.55. The second kappa shape index (κ2) is 3.16. The molecule has 1 rings (SSSR count). The summed E-state index contributed by atoms with van der Waals surface area (Å²) in [6.07, 6.45) is 0. The smallest absolute Gasteiger partial charge is 0.339 e. The average molecular weight is 133 g/mol. The van der Waals surface area contributed by atoms with Crippen LogP contribution in [0.2, 0.25) is 0 Å². The number of hydrogen-bond donors (Lipinski definition) is 1. The van der Waals surface area contributed by atoms with E-state index in [1.165, 1.54) is 0 Å². The third-order valence-corrected chi connectivity index (χ3v) is 0.667. The Morgan fingerprint density at radius 3 is 1.78 bits per heavy atom. The van der Waals surface area contributed by atoms with Gasteiger partial charge in [0.25, 0.3) is 0 Å². The summed E-state index contributed by atoms with van der Waals surface area (Å²) in [6, 6.07) is 0. The van der Waals surface area contributed by atoms with Gasteiger partial charge in [0.2, 0.25) is 0 Å². The van der Waals surface area contributed by atoms with E-state index in [1.807, 2.05) is 0 Å². The topological polar surface area (TPSA) is 87.6 Å². The Kier molecular flexibility index (Phi) is 2.83. The van der Waals surface area contributed by atoms with Gasteiger partial charge in [-0.1, -0.05) is 0 Å². The van der Waals surface area contributed by atoms with Crippen LogP contribution in [0.3, 0.4) is 0 Å². The molecule has 1 fully saturated rings. The number of esters is 2. The highest BCUT2D eigenvalue weighted by atomic mass is 16.6. The molecule has 0 aromatic rings. The van der Waals surface area contributed by atoms with E-state index in [1.54, 1.807) is 0 Å². The fourth-order valence-corrected chi connectivity index (χ4v) is 0.404. The van der Waals surface area contributed by atoms with E-state index < -0.39 is 11.9 Å². The second-order valence-electron chi connectivity index (χ2n) is 1.34. The molecule has 0 atom stereocenters. The lowest BCUT2D eigenvalue weighted by molar-refractivity contribution is -0.174. The maximum atomic E-state index is 10.1. The van der Waals surface area contributed by atoms with Gasteiger partial charge in [0.15, 0.2) is 0 Å². The molecule has 0 unspecified atom stereocenters. The van der Waals surface area contributed by atoms with Crippen LogP contribution >= 0.6 is 0 Å². The molecule has 5 nitrogen and oxygen atoms in total. The molecule has 0 aliphatic carbocycles. The predicted octanol–water partition coefficient (Wildman–Crippen LogP) is -0.752. The number of hydrogen-bond acceptors (Lipinski definition) is 5. The van der Waals surface area contributed by atoms with E-state index in [9.17, 15) is 9.59 Å². The summed E-state index contributed by atoms with van der Waals surface area (Å²) in [6.45, 7) is -0.211. The first-order valence-corrected chi connectivity index (χ1v) is 2.10. The molecule has 9 heavy (non-hydrogen) atoms. The van der Waals surface area contributed by atoms with Crippen molar-refractivity contribution in [2.75, 3.05) is 13.2 Å². The van der Waals surface area contributed by atoms with Crippen molar-refractivity contribution in [1.29, 1.82) is 0 Å². The highest BCUT2D eigenvalue weighted by Gasteiger charge is 2.16. The van der Waals surface area contributed by atoms with Crippen LogP contribution in [0.5, 0.6) is 0 Å². The minimum absolute atomic E-state index is 0. The minimum Gasteiger partial charge on any atom is -0.390 e. The lowest BCUT2D eigenvalue weighted by Crippen LogP contribution is -2.28. The summed E-state index contributed by atoms with van der Waals surface area (Å²) >= 11 is 0. The quantitative estimate of drug-likeness (QED) is 0.347. The Hall–Kier alpha value is -0.940. The van der Waals surface area contributed by atoms with Crippen molar-refractivity contribution in [2.24, 2.45) is 0 Å². The van der Waals surface area contributed by atoms with Crippen molar-refractivity contribution in [3.8, 4) is 0 Å². The molecule has 1 saturated heterocycles. The van der Waals surface area contributed by atoms with Gasteiger partial charge in [0.05, 0.1) is 0 Å². The molecule has 0 bridgehead atoms. The molecule has 1 heterocycles. The molecule has 0 saturated carbocycles. The first-order valence-electron chi connectivity index (χ1n) is 2.10. The zero-order valence-corrected chi connectivity index (χ0v) is 4.75. The lowest BCUT2D eigenvalue weighted by Gasteiger charge is -2.07. The highest BCUT2D eigenvalue weighted by molar-refractivity contribution is 5.88. The standard InChI is InChI=1S/C4H4O4.H3N/c5-3-1-7-2-4(6)8-3;/h1-2H2;1H3. The number of cyclic esters (lactones) is 2. The molecular weight excluding hydrogens is 126 g/mol. The highest BCUT2D eigenvalue weighted by Crippen LogP contribution is 1.90.